The first-order valence-corrected chi connectivity index (χ1v) is 9.86. The molecule has 3 rings (SSSR count). The van der Waals surface area contributed by atoms with Gasteiger partial charge in [-0.25, -0.2) is 8.42 Å². The minimum Gasteiger partial charge on any atom is -0.359 e. The monoisotopic (exact) mass is 361 g/mol. The highest BCUT2D eigenvalue weighted by Gasteiger charge is 2.27. The third-order valence-corrected chi connectivity index (χ3v) is 6.38. The van der Waals surface area contributed by atoms with Crippen molar-refractivity contribution in [3.05, 3.63) is 53.9 Å². The fourth-order valence-corrected chi connectivity index (χ4v) is 4.47. The van der Waals surface area contributed by atoms with Gasteiger partial charge in [0.2, 0.25) is 10.0 Å². The quantitative estimate of drug-likeness (QED) is 0.826. The number of rotatable bonds is 5. The fourth-order valence-electron chi connectivity index (χ4n) is 3.00. The van der Waals surface area contributed by atoms with Crippen molar-refractivity contribution in [1.29, 1.82) is 0 Å². The lowest BCUT2D eigenvalue weighted by Crippen LogP contribution is -2.36. The summed E-state index contributed by atoms with van der Waals surface area (Å²) in [5, 5.41) is 0. The lowest BCUT2D eigenvalue weighted by atomic mass is 10.2. The topological polar surface area (TPSA) is 73.5 Å². The van der Waals surface area contributed by atoms with Crippen molar-refractivity contribution >= 4 is 15.8 Å². The number of carbonyl (C=O) groups is 1. The maximum Gasteiger partial charge on any atom is 0.243 e. The second kappa shape index (κ2) is 7.51. The van der Waals surface area contributed by atoms with Crippen molar-refractivity contribution in [3.63, 3.8) is 0 Å². The van der Waals surface area contributed by atoms with Crippen molar-refractivity contribution in [3.8, 4) is 0 Å². The third-order valence-electron chi connectivity index (χ3n) is 4.47. The van der Waals surface area contributed by atoms with E-state index in [1.807, 2.05) is 24.0 Å². The summed E-state index contributed by atoms with van der Waals surface area (Å²) in [6.45, 7) is 4.38. The molecule has 1 N–H and O–H groups in total. The zero-order valence-electron chi connectivity index (χ0n) is 14.3. The smallest absolute Gasteiger partial charge is 0.243 e. The molecular formula is C18H23N3O3S. The van der Waals surface area contributed by atoms with Crippen LogP contribution >= 0.6 is 0 Å². The van der Waals surface area contributed by atoms with Gasteiger partial charge >= 0.3 is 0 Å². The molecule has 1 aromatic carbocycles. The Hall–Kier alpha value is -1.96. The Morgan fingerprint density at radius 2 is 1.84 bits per heavy atom. The molecule has 1 aliphatic rings. The van der Waals surface area contributed by atoms with E-state index in [-0.39, 0.29) is 5.78 Å². The average molecular weight is 361 g/mol. The van der Waals surface area contributed by atoms with E-state index in [2.05, 4.69) is 4.98 Å². The molecule has 1 aliphatic heterocycles. The molecule has 25 heavy (non-hydrogen) atoms. The van der Waals surface area contributed by atoms with Crippen molar-refractivity contribution < 1.29 is 13.2 Å². The molecule has 0 radical (unpaired) electrons. The average Bonchev–Trinajstić information content (AvgIpc) is 3.02. The molecule has 0 atom stereocenters. The third kappa shape index (κ3) is 4.18. The predicted octanol–water partition coefficient (Wildman–Crippen LogP) is 1.90. The van der Waals surface area contributed by atoms with Crippen LogP contribution in [-0.4, -0.2) is 61.1 Å². The minimum atomic E-state index is -3.48. The number of hydrogen-bond acceptors (Lipinski definition) is 4. The summed E-state index contributed by atoms with van der Waals surface area (Å²) >= 11 is 0. The summed E-state index contributed by atoms with van der Waals surface area (Å²) in [4.78, 5) is 17.5. The van der Waals surface area contributed by atoms with Crippen molar-refractivity contribution in [1.82, 2.24) is 14.2 Å². The largest absolute Gasteiger partial charge is 0.359 e. The van der Waals surface area contributed by atoms with Crippen molar-refractivity contribution in [2.45, 2.75) is 18.2 Å². The Morgan fingerprint density at radius 1 is 1.08 bits per heavy atom. The number of aromatic amines is 1. The number of sulfonamides is 1. The van der Waals surface area contributed by atoms with Crippen LogP contribution in [0.15, 0.2) is 47.5 Å². The number of aryl methyl sites for hydroxylation is 1. The summed E-state index contributed by atoms with van der Waals surface area (Å²) in [6.07, 6.45) is 2.44. The first-order valence-electron chi connectivity index (χ1n) is 8.42. The second-order valence-electron chi connectivity index (χ2n) is 6.35. The number of ketones is 1. The highest BCUT2D eigenvalue weighted by molar-refractivity contribution is 7.89. The molecule has 1 fully saturated rings. The molecule has 2 heterocycles. The second-order valence-corrected chi connectivity index (χ2v) is 8.29. The normalized spacial score (nSPS) is 17.3. The van der Waals surface area contributed by atoms with Gasteiger partial charge in [0, 0.05) is 25.8 Å². The predicted molar refractivity (Wildman–Crippen MR) is 96.1 cm³/mol. The molecule has 0 unspecified atom stereocenters. The summed E-state index contributed by atoms with van der Waals surface area (Å²) in [5.41, 5.74) is 1.62. The molecule has 2 aromatic rings. The first-order chi connectivity index (χ1) is 12.0. The van der Waals surface area contributed by atoms with Crippen LogP contribution < -0.4 is 0 Å². The molecule has 1 aromatic heterocycles. The van der Waals surface area contributed by atoms with E-state index in [0.29, 0.717) is 49.7 Å². The molecule has 7 heteroatoms. The molecule has 0 aliphatic carbocycles. The van der Waals surface area contributed by atoms with Gasteiger partial charge in [-0.1, -0.05) is 17.7 Å². The highest BCUT2D eigenvalue weighted by atomic mass is 32.2. The van der Waals surface area contributed by atoms with E-state index < -0.39 is 10.0 Å². The Balaban J connectivity index is 1.65. The Kier molecular flexibility index (Phi) is 5.36. The zero-order chi connectivity index (χ0) is 17.9. The van der Waals surface area contributed by atoms with Crippen LogP contribution in [0, 0.1) is 6.92 Å². The van der Waals surface area contributed by atoms with E-state index in [1.165, 1.54) is 4.31 Å². The molecule has 134 valence electrons. The summed E-state index contributed by atoms with van der Waals surface area (Å²) in [5.74, 6) is 0.0276. The molecule has 0 bridgehead atoms. The first kappa shape index (κ1) is 17.8. The highest BCUT2D eigenvalue weighted by Crippen LogP contribution is 2.18. The number of Topliss-reactive ketones (excluding diaryl/α,β-unsaturated/α-hetero) is 1. The van der Waals surface area contributed by atoms with E-state index in [4.69, 9.17) is 0 Å². The summed E-state index contributed by atoms with van der Waals surface area (Å²) in [7, 11) is -3.48. The Bertz CT molecular complexity index is 814. The summed E-state index contributed by atoms with van der Waals surface area (Å²) < 4.78 is 27.1. The van der Waals surface area contributed by atoms with Gasteiger partial charge in [-0.05, 0) is 44.2 Å². The number of aromatic nitrogens is 1. The van der Waals surface area contributed by atoms with Gasteiger partial charge in [0.1, 0.15) is 0 Å². The fraction of sp³-hybridized carbons (Fsp3) is 0.389. The number of benzene rings is 1. The number of nitrogens with zero attached hydrogens (tertiary/aromatic N) is 2. The van der Waals surface area contributed by atoms with Crippen molar-refractivity contribution in [2.24, 2.45) is 0 Å². The van der Waals surface area contributed by atoms with E-state index in [0.717, 1.165) is 5.56 Å². The van der Waals surface area contributed by atoms with Crippen LogP contribution in [0.5, 0.6) is 0 Å². The Labute approximate surface area is 148 Å². The lowest BCUT2D eigenvalue weighted by molar-refractivity contribution is 0.0930. The van der Waals surface area contributed by atoms with Crippen LogP contribution in [0.4, 0.5) is 0 Å². The van der Waals surface area contributed by atoms with Crippen LogP contribution in [0.2, 0.25) is 0 Å². The number of H-pyrrole nitrogens is 1. The van der Waals surface area contributed by atoms with Crippen LogP contribution in [0.25, 0.3) is 0 Å². The van der Waals surface area contributed by atoms with E-state index in [1.54, 1.807) is 30.5 Å². The number of carbonyl (C=O) groups excluding carboxylic acids is 1. The van der Waals surface area contributed by atoms with Gasteiger partial charge in [-0.2, -0.15) is 4.31 Å². The van der Waals surface area contributed by atoms with Gasteiger partial charge < -0.3 is 4.98 Å². The lowest BCUT2D eigenvalue weighted by Gasteiger charge is -2.21. The molecule has 0 saturated carbocycles. The van der Waals surface area contributed by atoms with Crippen LogP contribution in [0.1, 0.15) is 22.5 Å². The molecule has 0 amide bonds. The SMILES string of the molecule is Cc1ccc(S(=O)(=O)N2CCCN(CC(=O)c3ccc[nH]3)CC2)cc1. The Morgan fingerprint density at radius 3 is 2.52 bits per heavy atom. The zero-order valence-corrected chi connectivity index (χ0v) is 15.1. The minimum absolute atomic E-state index is 0.0276. The summed E-state index contributed by atoms with van der Waals surface area (Å²) in [6, 6.07) is 10.5. The molecular weight excluding hydrogens is 338 g/mol. The maximum absolute atomic E-state index is 12.8. The van der Waals surface area contributed by atoms with Gasteiger partial charge in [0.25, 0.3) is 0 Å². The van der Waals surface area contributed by atoms with E-state index in [9.17, 15) is 13.2 Å². The number of hydrogen-bond donors (Lipinski definition) is 1. The molecule has 1 saturated heterocycles. The van der Waals surface area contributed by atoms with Crippen molar-refractivity contribution in [2.75, 3.05) is 32.7 Å². The van der Waals surface area contributed by atoms with Gasteiger partial charge in [-0.3, -0.25) is 9.69 Å². The van der Waals surface area contributed by atoms with Gasteiger partial charge in [0.15, 0.2) is 5.78 Å². The number of nitrogens with one attached hydrogen (secondary N) is 1. The van der Waals surface area contributed by atoms with Crippen LogP contribution in [0.3, 0.4) is 0 Å². The van der Waals surface area contributed by atoms with E-state index >= 15 is 0 Å². The van der Waals surface area contributed by atoms with Crippen LogP contribution in [-0.2, 0) is 10.0 Å². The molecule has 0 spiro atoms. The maximum atomic E-state index is 12.8. The standard InChI is InChI=1S/C18H23N3O3S/c1-15-5-7-16(8-6-15)25(23,24)21-11-3-10-20(12-13-21)14-18(22)17-4-2-9-19-17/h2,4-9,19H,3,10-14H2,1H3. The molecule has 6 nitrogen and oxygen atoms in total. The van der Waals surface area contributed by atoms with Gasteiger partial charge in [-0.15, -0.1) is 0 Å². The van der Waals surface area contributed by atoms with Gasteiger partial charge in [0.05, 0.1) is 17.1 Å².